The van der Waals surface area contributed by atoms with Crippen LogP contribution in [0.4, 0.5) is 13.2 Å². The van der Waals surface area contributed by atoms with E-state index >= 15 is 0 Å². The molecular formula is C28H35F3O. The van der Waals surface area contributed by atoms with E-state index in [2.05, 4.69) is 23.8 Å². The molecule has 0 N–H and O–H groups in total. The molecule has 4 rings (SSSR count). The Bertz CT molecular complexity index is 863. The van der Waals surface area contributed by atoms with Gasteiger partial charge >= 0.3 is 6.61 Å². The number of alkyl halides is 2. The first-order valence-corrected chi connectivity index (χ1v) is 12.4. The van der Waals surface area contributed by atoms with Crippen LogP contribution in [0, 0.1) is 23.6 Å². The van der Waals surface area contributed by atoms with Crippen LogP contribution >= 0.6 is 0 Å². The molecule has 4 heteroatoms. The molecule has 4 unspecified atom stereocenters. The average Bonchev–Trinajstić information content (AvgIpc) is 2.80. The molecule has 4 atom stereocenters. The number of hydrogen-bond donors (Lipinski definition) is 0. The molecule has 2 saturated carbocycles. The Hall–Kier alpha value is -1.97. The van der Waals surface area contributed by atoms with E-state index in [1.54, 1.807) is 6.07 Å². The van der Waals surface area contributed by atoms with Crippen LogP contribution in [0.2, 0.25) is 0 Å². The number of halogens is 3. The predicted molar refractivity (Wildman–Crippen MR) is 124 cm³/mol. The fourth-order valence-electron chi connectivity index (χ4n) is 6.05. The van der Waals surface area contributed by atoms with Gasteiger partial charge in [-0.15, -0.1) is 0 Å². The molecule has 32 heavy (non-hydrogen) atoms. The molecule has 2 fully saturated rings. The second-order valence-electron chi connectivity index (χ2n) is 9.85. The highest BCUT2D eigenvalue weighted by Crippen LogP contribution is 2.48. The Morgan fingerprint density at radius 1 is 0.875 bits per heavy atom. The Morgan fingerprint density at radius 3 is 2.31 bits per heavy atom. The van der Waals surface area contributed by atoms with Crippen LogP contribution in [0.15, 0.2) is 42.5 Å². The minimum Gasteiger partial charge on any atom is -0.432 e. The number of unbranched alkanes of at least 4 members (excludes halogenated alkanes) is 2. The zero-order valence-electron chi connectivity index (χ0n) is 19.0. The highest BCUT2D eigenvalue weighted by Gasteiger charge is 2.35. The third-order valence-corrected chi connectivity index (χ3v) is 7.80. The molecule has 174 valence electrons. The number of hydrogen-bond acceptors (Lipinski definition) is 1. The molecule has 2 aliphatic rings. The van der Waals surface area contributed by atoms with Gasteiger partial charge in [-0.05, 0) is 84.6 Å². The second kappa shape index (κ2) is 10.8. The summed E-state index contributed by atoms with van der Waals surface area (Å²) in [6, 6.07) is 12.5. The van der Waals surface area contributed by atoms with Crippen molar-refractivity contribution in [1.82, 2.24) is 0 Å². The van der Waals surface area contributed by atoms with E-state index in [1.165, 1.54) is 81.9 Å². The summed E-state index contributed by atoms with van der Waals surface area (Å²) < 4.78 is 43.0. The number of ether oxygens (including phenoxy) is 1. The summed E-state index contributed by atoms with van der Waals surface area (Å²) in [4.78, 5) is 0. The first-order chi connectivity index (χ1) is 15.5. The van der Waals surface area contributed by atoms with Gasteiger partial charge in [0.15, 0.2) is 11.6 Å². The summed E-state index contributed by atoms with van der Waals surface area (Å²) in [6.45, 7) is -0.745. The highest BCUT2D eigenvalue weighted by molar-refractivity contribution is 5.64. The van der Waals surface area contributed by atoms with E-state index in [0.29, 0.717) is 11.5 Å². The molecule has 0 heterocycles. The molecule has 2 aromatic carbocycles. The monoisotopic (exact) mass is 444 g/mol. The first kappa shape index (κ1) is 23.2. The van der Waals surface area contributed by atoms with Crippen LogP contribution in [0.3, 0.4) is 0 Å². The molecule has 0 amide bonds. The van der Waals surface area contributed by atoms with Crippen molar-refractivity contribution in [3.8, 4) is 16.9 Å². The SMILES string of the molecule is CCCCCC1CCC2CC(c3ccc(-c4ccc(OC(F)F)c(F)c4)cc3)CCC2C1. The summed E-state index contributed by atoms with van der Waals surface area (Å²) in [5.74, 6) is 2.17. The van der Waals surface area contributed by atoms with Crippen LogP contribution in [-0.4, -0.2) is 6.61 Å². The van der Waals surface area contributed by atoms with Crippen LogP contribution in [-0.2, 0) is 0 Å². The standard InChI is InChI=1S/C28H35F3O/c1-2-3-4-5-19-6-7-24-17-23(13-12-22(24)16-19)20-8-10-21(11-9-20)25-14-15-27(26(29)18-25)32-28(30)31/h8-11,14-15,18-19,22-24,28H,2-7,12-13,16-17H2,1H3. The van der Waals surface area contributed by atoms with Crippen molar-refractivity contribution in [3.05, 3.63) is 53.8 Å². The number of rotatable bonds is 8. The number of fused-ring (bicyclic) bond motifs is 1. The first-order valence-electron chi connectivity index (χ1n) is 12.4. The smallest absolute Gasteiger partial charge is 0.387 e. The minimum atomic E-state index is -3.03. The molecule has 2 aliphatic carbocycles. The van der Waals surface area contributed by atoms with Crippen molar-refractivity contribution in [3.63, 3.8) is 0 Å². The van der Waals surface area contributed by atoms with Crippen molar-refractivity contribution in [2.75, 3.05) is 0 Å². The summed E-state index contributed by atoms with van der Waals surface area (Å²) in [5.41, 5.74) is 2.92. The largest absolute Gasteiger partial charge is 0.432 e. The van der Waals surface area contributed by atoms with Gasteiger partial charge < -0.3 is 4.74 Å². The fraction of sp³-hybridized carbons (Fsp3) is 0.571. The Kier molecular flexibility index (Phi) is 7.80. The van der Waals surface area contributed by atoms with E-state index < -0.39 is 18.2 Å². The maximum Gasteiger partial charge on any atom is 0.387 e. The van der Waals surface area contributed by atoms with Crippen LogP contribution in [0.1, 0.15) is 82.6 Å². The predicted octanol–water partition coefficient (Wildman–Crippen LogP) is 8.97. The quantitative estimate of drug-likeness (QED) is 0.369. The second-order valence-corrected chi connectivity index (χ2v) is 9.85. The average molecular weight is 445 g/mol. The van der Waals surface area contributed by atoms with Gasteiger partial charge in [-0.1, -0.05) is 69.4 Å². The molecule has 2 aromatic rings. The maximum absolute atomic E-state index is 14.1. The zero-order chi connectivity index (χ0) is 22.5. The van der Waals surface area contributed by atoms with Gasteiger partial charge in [-0.3, -0.25) is 0 Å². The minimum absolute atomic E-state index is 0.419. The van der Waals surface area contributed by atoms with E-state index in [4.69, 9.17) is 0 Å². The van der Waals surface area contributed by atoms with Crippen molar-refractivity contribution < 1.29 is 17.9 Å². The van der Waals surface area contributed by atoms with E-state index in [0.717, 1.165) is 23.3 Å². The van der Waals surface area contributed by atoms with Gasteiger partial charge in [0, 0.05) is 0 Å². The van der Waals surface area contributed by atoms with E-state index in [-0.39, 0.29) is 0 Å². The zero-order valence-corrected chi connectivity index (χ0v) is 19.0. The van der Waals surface area contributed by atoms with Gasteiger partial charge in [0.2, 0.25) is 0 Å². The third kappa shape index (κ3) is 5.68. The van der Waals surface area contributed by atoms with Crippen molar-refractivity contribution >= 4 is 0 Å². The molecule has 0 saturated heterocycles. The van der Waals surface area contributed by atoms with Crippen LogP contribution in [0.5, 0.6) is 5.75 Å². The lowest BCUT2D eigenvalue weighted by molar-refractivity contribution is -0.0521. The summed E-state index contributed by atoms with van der Waals surface area (Å²) >= 11 is 0. The normalized spacial score (nSPS) is 25.5. The topological polar surface area (TPSA) is 9.23 Å². The van der Waals surface area contributed by atoms with Gasteiger partial charge in [0.25, 0.3) is 0 Å². The summed E-state index contributed by atoms with van der Waals surface area (Å²) in [6.07, 6.45) is 13.7. The van der Waals surface area contributed by atoms with Crippen molar-refractivity contribution in [2.24, 2.45) is 17.8 Å². The maximum atomic E-state index is 14.1. The van der Waals surface area contributed by atoms with E-state index in [9.17, 15) is 13.2 Å². The lowest BCUT2D eigenvalue weighted by Crippen LogP contribution is -2.30. The van der Waals surface area contributed by atoms with Crippen molar-refractivity contribution in [1.29, 1.82) is 0 Å². The van der Waals surface area contributed by atoms with Gasteiger partial charge in [-0.25, -0.2) is 4.39 Å². The Labute approximate surface area is 190 Å². The molecule has 0 radical (unpaired) electrons. The fourth-order valence-corrected chi connectivity index (χ4v) is 6.05. The van der Waals surface area contributed by atoms with Gasteiger partial charge in [0.05, 0.1) is 0 Å². The summed E-state index contributed by atoms with van der Waals surface area (Å²) in [7, 11) is 0. The molecule has 0 bridgehead atoms. The summed E-state index contributed by atoms with van der Waals surface area (Å²) in [5, 5.41) is 0. The van der Waals surface area contributed by atoms with Crippen molar-refractivity contribution in [2.45, 2.75) is 83.7 Å². The van der Waals surface area contributed by atoms with Crippen LogP contribution < -0.4 is 4.74 Å². The Balaban J connectivity index is 1.35. The third-order valence-electron chi connectivity index (χ3n) is 7.80. The molecule has 0 aliphatic heterocycles. The molecule has 0 aromatic heterocycles. The lowest BCUT2D eigenvalue weighted by atomic mass is 9.63. The molecular weight excluding hydrogens is 409 g/mol. The van der Waals surface area contributed by atoms with Gasteiger partial charge in [0.1, 0.15) is 0 Å². The number of benzene rings is 2. The van der Waals surface area contributed by atoms with Gasteiger partial charge in [-0.2, -0.15) is 8.78 Å². The highest BCUT2D eigenvalue weighted by atomic mass is 19.3. The van der Waals surface area contributed by atoms with Crippen LogP contribution in [0.25, 0.3) is 11.1 Å². The molecule has 0 spiro atoms. The van der Waals surface area contributed by atoms with E-state index in [1.807, 2.05) is 12.1 Å². The lowest BCUT2D eigenvalue weighted by Gasteiger charge is -2.42. The Morgan fingerprint density at radius 2 is 1.59 bits per heavy atom. The molecule has 1 nitrogen and oxygen atoms in total.